The van der Waals surface area contributed by atoms with Gasteiger partial charge in [-0.3, -0.25) is 0 Å². The Morgan fingerprint density at radius 2 is 1.72 bits per heavy atom. The lowest BCUT2D eigenvalue weighted by Gasteiger charge is -2.16. The van der Waals surface area contributed by atoms with E-state index in [0.717, 1.165) is 12.8 Å². The Kier molecular flexibility index (Phi) is 8.11. The van der Waals surface area contributed by atoms with E-state index < -0.39 is 12.1 Å². The van der Waals surface area contributed by atoms with Gasteiger partial charge in [-0.15, -0.1) is 0 Å². The van der Waals surface area contributed by atoms with Gasteiger partial charge in [0.25, 0.3) is 0 Å². The van der Waals surface area contributed by atoms with Crippen molar-refractivity contribution in [1.29, 1.82) is 0 Å². The molecule has 0 aromatic carbocycles. The van der Waals surface area contributed by atoms with E-state index >= 15 is 0 Å². The standard InChI is InChI=1S/C12H24N2O4/c1-8(2)4-5-9(3)14-12(18)13-7-6-10(15)11(16)17/h8-10,15H,4-7H2,1-3H3,(H,16,17)(H2,13,14,18)/t9?,10-/m0/s1. The lowest BCUT2D eigenvalue weighted by atomic mass is 10.0. The van der Waals surface area contributed by atoms with Crippen LogP contribution in [0.25, 0.3) is 0 Å². The number of aliphatic hydroxyl groups excluding tert-OH is 1. The first-order valence-corrected chi connectivity index (χ1v) is 6.28. The Labute approximate surface area is 108 Å². The largest absolute Gasteiger partial charge is 0.479 e. The minimum atomic E-state index is -1.43. The molecule has 0 saturated heterocycles. The molecule has 6 heteroatoms. The van der Waals surface area contributed by atoms with E-state index in [1.54, 1.807) is 0 Å². The number of nitrogens with one attached hydrogen (secondary N) is 2. The number of rotatable bonds is 8. The maximum Gasteiger partial charge on any atom is 0.332 e. The number of urea groups is 1. The lowest BCUT2D eigenvalue weighted by Crippen LogP contribution is -2.42. The van der Waals surface area contributed by atoms with E-state index in [0.29, 0.717) is 5.92 Å². The molecule has 0 spiro atoms. The summed E-state index contributed by atoms with van der Waals surface area (Å²) in [7, 11) is 0. The molecule has 0 fully saturated rings. The summed E-state index contributed by atoms with van der Waals surface area (Å²) >= 11 is 0. The Hall–Kier alpha value is -1.30. The van der Waals surface area contributed by atoms with Crippen molar-refractivity contribution in [2.75, 3.05) is 6.54 Å². The monoisotopic (exact) mass is 260 g/mol. The highest BCUT2D eigenvalue weighted by atomic mass is 16.4. The van der Waals surface area contributed by atoms with Crippen LogP contribution in [0.1, 0.15) is 40.0 Å². The molecule has 0 aromatic heterocycles. The van der Waals surface area contributed by atoms with Crippen molar-refractivity contribution >= 4 is 12.0 Å². The second kappa shape index (κ2) is 8.74. The molecule has 0 saturated carbocycles. The quantitative estimate of drug-likeness (QED) is 0.522. The molecule has 4 N–H and O–H groups in total. The van der Waals surface area contributed by atoms with Crippen LogP contribution in [-0.4, -0.2) is 40.9 Å². The number of carboxylic acids is 1. The topological polar surface area (TPSA) is 98.7 Å². The molecule has 0 aromatic rings. The van der Waals surface area contributed by atoms with E-state index in [1.807, 2.05) is 6.92 Å². The number of carboxylic acid groups (broad SMARTS) is 1. The van der Waals surface area contributed by atoms with Crippen LogP contribution in [0, 0.1) is 5.92 Å². The van der Waals surface area contributed by atoms with Crippen molar-refractivity contribution < 1.29 is 19.8 Å². The second-order valence-electron chi connectivity index (χ2n) is 4.92. The van der Waals surface area contributed by atoms with Crippen molar-refractivity contribution in [3.05, 3.63) is 0 Å². The third-order valence-electron chi connectivity index (χ3n) is 2.54. The van der Waals surface area contributed by atoms with E-state index in [1.165, 1.54) is 0 Å². The van der Waals surface area contributed by atoms with Crippen molar-refractivity contribution in [1.82, 2.24) is 10.6 Å². The van der Waals surface area contributed by atoms with Crippen LogP contribution in [0.4, 0.5) is 4.79 Å². The summed E-state index contributed by atoms with van der Waals surface area (Å²) in [5, 5.41) is 22.7. The lowest BCUT2D eigenvalue weighted by molar-refractivity contribution is -0.146. The summed E-state index contributed by atoms with van der Waals surface area (Å²) < 4.78 is 0. The predicted molar refractivity (Wildman–Crippen MR) is 68.3 cm³/mol. The molecule has 2 amide bonds. The first-order chi connectivity index (χ1) is 8.32. The number of carbonyl (C=O) groups excluding carboxylic acids is 1. The summed E-state index contributed by atoms with van der Waals surface area (Å²) in [5.74, 6) is -0.675. The fourth-order valence-corrected chi connectivity index (χ4v) is 1.38. The molecule has 0 bridgehead atoms. The molecule has 2 atom stereocenters. The van der Waals surface area contributed by atoms with Gasteiger partial charge in [0, 0.05) is 19.0 Å². The normalized spacial score (nSPS) is 14.1. The molecule has 1 unspecified atom stereocenters. The van der Waals surface area contributed by atoms with E-state index in [4.69, 9.17) is 10.2 Å². The highest BCUT2D eigenvalue weighted by Gasteiger charge is 2.13. The van der Waals surface area contributed by atoms with Gasteiger partial charge >= 0.3 is 12.0 Å². The summed E-state index contributed by atoms with van der Waals surface area (Å²) in [6.07, 6.45) is 0.522. The maximum atomic E-state index is 11.4. The Bertz CT molecular complexity index is 269. The third kappa shape index (κ3) is 8.81. The van der Waals surface area contributed by atoms with Gasteiger partial charge in [-0.05, 0) is 25.7 Å². The highest BCUT2D eigenvalue weighted by Crippen LogP contribution is 2.06. The van der Waals surface area contributed by atoms with Gasteiger partial charge < -0.3 is 20.8 Å². The third-order valence-corrected chi connectivity index (χ3v) is 2.54. The molecule has 0 rings (SSSR count). The number of amides is 2. The molecule has 106 valence electrons. The van der Waals surface area contributed by atoms with E-state index in [9.17, 15) is 9.59 Å². The van der Waals surface area contributed by atoms with Crippen LogP contribution < -0.4 is 10.6 Å². The minimum Gasteiger partial charge on any atom is -0.479 e. The van der Waals surface area contributed by atoms with E-state index in [2.05, 4.69) is 24.5 Å². The van der Waals surface area contributed by atoms with Gasteiger partial charge in [-0.25, -0.2) is 9.59 Å². The van der Waals surface area contributed by atoms with Crippen LogP contribution in [0.15, 0.2) is 0 Å². The number of hydrogen-bond acceptors (Lipinski definition) is 3. The van der Waals surface area contributed by atoms with Crippen molar-refractivity contribution in [3.63, 3.8) is 0 Å². The first-order valence-electron chi connectivity index (χ1n) is 6.28. The SMILES string of the molecule is CC(C)CCC(C)NC(=O)NCC[C@H](O)C(=O)O. The van der Waals surface area contributed by atoms with Gasteiger partial charge in [0.05, 0.1) is 0 Å². The highest BCUT2D eigenvalue weighted by molar-refractivity contribution is 5.74. The van der Waals surface area contributed by atoms with Crippen LogP contribution >= 0.6 is 0 Å². The van der Waals surface area contributed by atoms with Crippen molar-refractivity contribution in [3.8, 4) is 0 Å². The van der Waals surface area contributed by atoms with Crippen LogP contribution in [-0.2, 0) is 4.79 Å². The fourth-order valence-electron chi connectivity index (χ4n) is 1.38. The van der Waals surface area contributed by atoms with Gasteiger partial charge in [0.2, 0.25) is 0 Å². The van der Waals surface area contributed by atoms with Gasteiger partial charge in [0.1, 0.15) is 0 Å². The smallest absolute Gasteiger partial charge is 0.332 e. The number of hydrogen-bond donors (Lipinski definition) is 4. The number of carbonyl (C=O) groups is 2. The first kappa shape index (κ1) is 16.7. The molecular weight excluding hydrogens is 236 g/mol. The molecule has 0 aliphatic heterocycles. The van der Waals surface area contributed by atoms with Gasteiger partial charge in [0.15, 0.2) is 6.10 Å². The Morgan fingerprint density at radius 1 is 1.11 bits per heavy atom. The molecule has 0 heterocycles. The molecular formula is C12H24N2O4. The van der Waals surface area contributed by atoms with Crippen LogP contribution in [0.3, 0.4) is 0 Å². The second-order valence-corrected chi connectivity index (χ2v) is 4.92. The Balaban J connectivity index is 3.67. The Morgan fingerprint density at radius 3 is 2.22 bits per heavy atom. The average molecular weight is 260 g/mol. The van der Waals surface area contributed by atoms with E-state index in [-0.39, 0.29) is 25.0 Å². The van der Waals surface area contributed by atoms with Gasteiger partial charge in [-0.2, -0.15) is 0 Å². The summed E-state index contributed by atoms with van der Waals surface area (Å²) in [4.78, 5) is 21.7. The molecule has 6 nitrogen and oxygen atoms in total. The number of aliphatic carboxylic acids is 1. The van der Waals surface area contributed by atoms with Gasteiger partial charge in [-0.1, -0.05) is 13.8 Å². The molecule has 18 heavy (non-hydrogen) atoms. The zero-order valence-electron chi connectivity index (χ0n) is 11.3. The molecule has 0 aliphatic rings. The van der Waals surface area contributed by atoms with Crippen molar-refractivity contribution in [2.45, 2.75) is 52.2 Å². The van der Waals surface area contributed by atoms with Crippen molar-refractivity contribution in [2.24, 2.45) is 5.92 Å². The number of aliphatic hydroxyl groups is 1. The van der Waals surface area contributed by atoms with Crippen LogP contribution in [0.2, 0.25) is 0 Å². The summed E-state index contributed by atoms with van der Waals surface area (Å²) in [5.41, 5.74) is 0. The average Bonchev–Trinajstić information content (AvgIpc) is 2.25. The molecule has 0 radical (unpaired) electrons. The maximum absolute atomic E-state index is 11.4. The predicted octanol–water partition coefficient (Wildman–Crippen LogP) is 0.946. The summed E-state index contributed by atoms with van der Waals surface area (Å²) in [6, 6.07) is -0.249. The minimum absolute atomic E-state index is 0.00310. The molecule has 0 aliphatic carbocycles. The zero-order valence-corrected chi connectivity index (χ0v) is 11.3. The zero-order chi connectivity index (χ0) is 14.1. The summed E-state index contributed by atoms with van der Waals surface area (Å²) in [6.45, 7) is 6.31. The fraction of sp³-hybridized carbons (Fsp3) is 0.833. The van der Waals surface area contributed by atoms with Crippen LogP contribution in [0.5, 0.6) is 0 Å².